The van der Waals surface area contributed by atoms with Crippen molar-refractivity contribution in [3.8, 4) is 0 Å². The molecule has 1 aromatic carbocycles. The van der Waals surface area contributed by atoms with E-state index in [4.69, 9.17) is 5.11 Å². The Morgan fingerprint density at radius 3 is 2.79 bits per heavy atom. The number of carbonyl (C=O) groups is 3. The van der Waals surface area contributed by atoms with Gasteiger partial charge in [-0.3, -0.25) is 14.4 Å². The summed E-state index contributed by atoms with van der Waals surface area (Å²) < 4.78 is 0. The molecule has 0 unspecified atom stereocenters. The van der Waals surface area contributed by atoms with Gasteiger partial charge >= 0.3 is 5.97 Å². The predicted molar refractivity (Wildman–Crippen MR) is 88.7 cm³/mol. The first kappa shape index (κ1) is 16.5. The summed E-state index contributed by atoms with van der Waals surface area (Å²) >= 11 is 0. The van der Waals surface area contributed by atoms with Crippen LogP contribution in [0.5, 0.6) is 0 Å². The second-order valence-electron chi connectivity index (χ2n) is 6.44. The molecule has 24 heavy (non-hydrogen) atoms. The molecule has 3 rings (SSSR count). The van der Waals surface area contributed by atoms with Crippen LogP contribution in [0, 0.1) is 5.92 Å². The lowest BCUT2D eigenvalue weighted by molar-refractivity contribution is -0.145. The SMILES string of the molecule is O=C(O)[C@H]1CCCN(C(=O)CCN2C(=O)CCc3ccccc32)C1. The number of hydrogen-bond donors (Lipinski definition) is 1. The number of fused-ring (bicyclic) bond motifs is 1. The third kappa shape index (κ3) is 3.42. The minimum atomic E-state index is -0.840. The first-order valence-electron chi connectivity index (χ1n) is 8.45. The number of rotatable bonds is 4. The van der Waals surface area contributed by atoms with E-state index >= 15 is 0 Å². The summed E-state index contributed by atoms with van der Waals surface area (Å²) in [5.74, 6) is -1.34. The lowest BCUT2D eigenvalue weighted by Gasteiger charge is -2.33. The van der Waals surface area contributed by atoms with E-state index in [0.29, 0.717) is 32.4 Å². The minimum Gasteiger partial charge on any atom is -0.481 e. The molecule has 1 N–H and O–H groups in total. The normalized spacial score (nSPS) is 20.7. The number of para-hydroxylation sites is 1. The lowest BCUT2D eigenvalue weighted by Crippen LogP contribution is -2.44. The first-order chi connectivity index (χ1) is 11.6. The summed E-state index contributed by atoms with van der Waals surface area (Å²) in [5.41, 5.74) is 2.03. The number of piperidine rings is 1. The van der Waals surface area contributed by atoms with E-state index in [0.717, 1.165) is 17.7 Å². The molecule has 0 aliphatic carbocycles. The Kier molecular flexibility index (Phi) is 4.83. The molecule has 2 aliphatic rings. The van der Waals surface area contributed by atoms with E-state index in [9.17, 15) is 14.4 Å². The highest BCUT2D eigenvalue weighted by Gasteiger charge is 2.29. The van der Waals surface area contributed by atoms with Crippen LogP contribution < -0.4 is 4.90 Å². The van der Waals surface area contributed by atoms with Crippen molar-refractivity contribution in [2.75, 3.05) is 24.5 Å². The Morgan fingerprint density at radius 1 is 1.21 bits per heavy atom. The standard InChI is InChI=1S/C18H22N2O4/c21-16(19-10-3-5-14(12-19)18(23)24)9-11-20-15-6-2-1-4-13(15)7-8-17(20)22/h1-2,4,6,14H,3,5,7-12H2,(H,23,24)/t14-/m0/s1. The molecule has 0 saturated carbocycles. The summed E-state index contributed by atoms with van der Waals surface area (Å²) in [7, 11) is 0. The number of carbonyl (C=O) groups excluding carboxylic acids is 2. The number of aliphatic carboxylic acids is 1. The molecule has 1 saturated heterocycles. The average Bonchev–Trinajstić information content (AvgIpc) is 2.60. The fourth-order valence-corrected chi connectivity index (χ4v) is 3.51. The van der Waals surface area contributed by atoms with Crippen LogP contribution in [0.3, 0.4) is 0 Å². The maximum Gasteiger partial charge on any atom is 0.308 e. The van der Waals surface area contributed by atoms with Crippen LogP contribution in [0.2, 0.25) is 0 Å². The Morgan fingerprint density at radius 2 is 2.00 bits per heavy atom. The molecule has 6 nitrogen and oxygen atoms in total. The van der Waals surface area contributed by atoms with Gasteiger partial charge in [0.15, 0.2) is 0 Å². The van der Waals surface area contributed by atoms with Crippen LogP contribution in [0.25, 0.3) is 0 Å². The number of nitrogens with zero attached hydrogens (tertiary/aromatic N) is 2. The number of carboxylic acids is 1. The van der Waals surface area contributed by atoms with Crippen LogP contribution in [0.15, 0.2) is 24.3 Å². The smallest absolute Gasteiger partial charge is 0.308 e. The van der Waals surface area contributed by atoms with E-state index in [1.807, 2.05) is 24.3 Å². The summed E-state index contributed by atoms with van der Waals surface area (Å²) in [5, 5.41) is 9.12. The molecule has 0 bridgehead atoms. The Hall–Kier alpha value is -2.37. The highest BCUT2D eigenvalue weighted by Crippen LogP contribution is 2.27. The average molecular weight is 330 g/mol. The molecule has 0 aromatic heterocycles. The number of carboxylic acid groups (broad SMARTS) is 1. The Bertz CT molecular complexity index is 658. The van der Waals surface area contributed by atoms with Crippen LogP contribution >= 0.6 is 0 Å². The maximum absolute atomic E-state index is 12.4. The molecule has 1 aromatic rings. The molecular weight excluding hydrogens is 308 g/mol. The largest absolute Gasteiger partial charge is 0.481 e. The topological polar surface area (TPSA) is 77.9 Å². The second-order valence-corrected chi connectivity index (χ2v) is 6.44. The van der Waals surface area contributed by atoms with Crippen molar-refractivity contribution in [1.29, 1.82) is 0 Å². The zero-order chi connectivity index (χ0) is 17.1. The van der Waals surface area contributed by atoms with Gasteiger partial charge in [-0.15, -0.1) is 0 Å². The molecule has 2 aliphatic heterocycles. The van der Waals surface area contributed by atoms with Crippen molar-refractivity contribution in [3.05, 3.63) is 29.8 Å². The Balaban J connectivity index is 1.62. The van der Waals surface area contributed by atoms with Crippen LogP contribution in [-0.4, -0.2) is 47.4 Å². The minimum absolute atomic E-state index is 0.0450. The van der Waals surface area contributed by atoms with Crippen molar-refractivity contribution in [1.82, 2.24) is 4.90 Å². The first-order valence-corrected chi connectivity index (χ1v) is 8.45. The lowest BCUT2D eigenvalue weighted by atomic mass is 9.98. The molecular formula is C18H22N2O4. The van der Waals surface area contributed by atoms with Gasteiger partial charge in [0, 0.05) is 38.2 Å². The van der Waals surface area contributed by atoms with Gasteiger partial charge in [0.2, 0.25) is 11.8 Å². The Labute approximate surface area is 141 Å². The fourth-order valence-electron chi connectivity index (χ4n) is 3.51. The molecule has 0 spiro atoms. The van der Waals surface area contributed by atoms with Gasteiger partial charge in [0.05, 0.1) is 5.92 Å². The van der Waals surface area contributed by atoms with Crippen LogP contribution in [0.1, 0.15) is 31.2 Å². The van der Waals surface area contributed by atoms with Crippen molar-refractivity contribution in [2.45, 2.75) is 32.1 Å². The van der Waals surface area contributed by atoms with Crippen molar-refractivity contribution >= 4 is 23.5 Å². The number of anilines is 1. The molecule has 2 amide bonds. The number of benzene rings is 1. The van der Waals surface area contributed by atoms with Gasteiger partial charge in [0.25, 0.3) is 0 Å². The van der Waals surface area contributed by atoms with E-state index in [-0.39, 0.29) is 24.8 Å². The number of hydrogen-bond acceptors (Lipinski definition) is 3. The fraction of sp³-hybridized carbons (Fsp3) is 0.500. The molecule has 2 heterocycles. The summed E-state index contributed by atoms with van der Waals surface area (Å²) in [6, 6.07) is 7.78. The monoisotopic (exact) mass is 330 g/mol. The van der Waals surface area contributed by atoms with Gasteiger partial charge in [-0.25, -0.2) is 0 Å². The van der Waals surface area contributed by atoms with Gasteiger partial charge in [-0.1, -0.05) is 18.2 Å². The van der Waals surface area contributed by atoms with Gasteiger partial charge in [0.1, 0.15) is 0 Å². The molecule has 128 valence electrons. The van der Waals surface area contributed by atoms with Gasteiger partial charge in [-0.2, -0.15) is 0 Å². The highest BCUT2D eigenvalue weighted by molar-refractivity contribution is 5.97. The summed E-state index contributed by atoms with van der Waals surface area (Å²) in [6.07, 6.45) is 2.78. The van der Waals surface area contributed by atoms with Crippen molar-refractivity contribution < 1.29 is 19.5 Å². The van der Waals surface area contributed by atoms with E-state index in [2.05, 4.69) is 0 Å². The molecule has 1 fully saturated rings. The quantitative estimate of drug-likeness (QED) is 0.911. The number of aryl methyl sites for hydroxylation is 1. The van der Waals surface area contributed by atoms with Crippen molar-refractivity contribution in [3.63, 3.8) is 0 Å². The molecule has 6 heteroatoms. The zero-order valence-corrected chi connectivity index (χ0v) is 13.6. The highest BCUT2D eigenvalue weighted by atomic mass is 16.4. The zero-order valence-electron chi connectivity index (χ0n) is 13.6. The molecule has 0 radical (unpaired) electrons. The van der Waals surface area contributed by atoms with Gasteiger partial charge < -0.3 is 14.9 Å². The summed E-state index contributed by atoms with van der Waals surface area (Å²) in [6.45, 7) is 1.23. The van der Waals surface area contributed by atoms with Crippen LogP contribution in [-0.2, 0) is 20.8 Å². The van der Waals surface area contributed by atoms with Crippen molar-refractivity contribution in [2.24, 2.45) is 5.92 Å². The third-order valence-corrected chi connectivity index (χ3v) is 4.86. The maximum atomic E-state index is 12.4. The second kappa shape index (κ2) is 7.03. The number of amides is 2. The van der Waals surface area contributed by atoms with E-state index < -0.39 is 11.9 Å². The van der Waals surface area contributed by atoms with E-state index in [1.54, 1.807) is 9.80 Å². The third-order valence-electron chi connectivity index (χ3n) is 4.86. The van der Waals surface area contributed by atoms with Gasteiger partial charge in [-0.05, 0) is 30.9 Å². The van der Waals surface area contributed by atoms with Crippen LogP contribution in [0.4, 0.5) is 5.69 Å². The summed E-state index contributed by atoms with van der Waals surface area (Å²) in [4.78, 5) is 39.1. The predicted octanol–water partition coefficient (Wildman–Crippen LogP) is 1.68. The van der Waals surface area contributed by atoms with E-state index in [1.165, 1.54) is 0 Å². The molecule has 1 atom stereocenters. The number of likely N-dealkylation sites (tertiary alicyclic amines) is 1.